The van der Waals surface area contributed by atoms with Gasteiger partial charge in [0.25, 0.3) is 5.91 Å². The van der Waals surface area contributed by atoms with Crippen LogP contribution >= 0.6 is 50.6 Å². The van der Waals surface area contributed by atoms with Gasteiger partial charge in [-0.3, -0.25) is 9.78 Å². The largest absolute Gasteiger partial charge is 0.320 e. The van der Waals surface area contributed by atoms with E-state index in [1.807, 2.05) is 0 Å². The van der Waals surface area contributed by atoms with Gasteiger partial charge in [0, 0.05) is 23.5 Å². The van der Waals surface area contributed by atoms with Gasteiger partial charge in [-0.25, -0.2) is 8.42 Å². The predicted molar refractivity (Wildman–Crippen MR) is 112 cm³/mol. The summed E-state index contributed by atoms with van der Waals surface area (Å²) in [5, 5.41) is 12.3. The Bertz CT molecular complexity index is 1220. The number of pyridine rings is 1. The molecule has 1 aromatic carbocycles. The third-order valence-electron chi connectivity index (χ3n) is 3.60. The number of sulfone groups is 1. The van der Waals surface area contributed by atoms with Gasteiger partial charge in [0.2, 0.25) is 14.8 Å². The van der Waals surface area contributed by atoms with Crippen LogP contribution in [-0.4, -0.2) is 29.5 Å². The summed E-state index contributed by atoms with van der Waals surface area (Å²) >= 11 is 11.9. The molecule has 12 heteroatoms. The average molecular weight is 516 g/mol. The molecule has 1 aliphatic rings. The lowest BCUT2D eigenvalue weighted by Crippen LogP contribution is -2.12. The van der Waals surface area contributed by atoms with Gasteiger partial charge < -0.3 is 5.32 Å². The molecule has 0 fully saturated rings. The summed E-state index contributed by atoms with van der Waals surface area (Å²) in [5.74, 6) is -0.479. The number of nitrogens with zero attached hydrogens (tertiary/aromatic N) is 3. The van der Waals surface area contributed by atoms with E-state index in [0.29, 0.717) is 25.1 Å². The Morgan fingerprint density at radius 2 is 2.07 bits per heavy atom. The van der Waals surface area contributed by atoms with E-state index in [1.54, 1.807) is 18.3 Å². The number of carbonyl (C=O) groups is 1. The Morgan fingerprint density at radius 1 is 1.25 bits per heavy atom. The molecule has 0 unspecified atom stereocenters. The second-order valence-electron chi connectivity index (χ2n) is 5.46. The second-order valence-corrected chi connectivity index (χ2v) is 10.8. The van der Waals surface area contributed by atoms with Crippen LogP contribution in [-0.2, 0) is 9.84 Å². The van der Waals surface area contributed by atoms with Gasteiger partial charge in [-0.2, -0.15) is 0 Å². The van der Waals surface area contributed by atoms with Gasteiger partial charge in [-0.1, -0.05) is 40.8 Å². The maximum absolute atomic E-state index is 12.5. The number of anilines is 1. The standard InChI is InChI=1S/C16H8BrClN4O3S3/c17-10-6-19-7-11(18)13(10)26-16-22-21-15(27-16)14(23)20-9-2-1-8-3-4-28(24,25)12(8)5-9/h1-7H,(H,20,23). The van der Waals surface area contributed by atoms with Crippen LogP contribution in [0.1, 0.15) is 15.4 Å². The highest BCUT2D eigenvalue weighted by molar-refractivity contribution is 9.10. The number of hydrogen-bond donors (Lipinski definition) is 1. The van der Waals surface area contributed by atoms with Crippen molar-refractivity contribution >= 4 is 78.1 Å². The molecule has 3 heterocycles. The molecule has 28 heavy (non-hydrogen) atoms. The van der Waals surface area contributed by atoms with E-state index in [4.69, 9.17) is 11.6 Å². The first-order chi connectivity index (χ1) is 13.3. The van der Waals surface area contributed by atoms with E-state index in [0.717, 1.165) is 21.6 Å². The van der Waals surface area contributed by atoms with Crippen LogP contribution in [0.15, 0.2) is 54.6 Å². The lowest BCUT2D eigenvalue weighted by molar-refractivity contribution is 0.102. The number of benzene rings is 1. The van der Waals surface area contributed by atoms with Gasteiger partial charge in [0.1, 0.15) is 0 Å². The van der Waals surface area contributed by atoms with Crippen molar-refractivity contribution in [2.75, 3.05) is 5.32 Å². The number of rotatable bonds is 4. The highest BCUT2D eigenvalue weighted by Crippen LogP contribution is 2.39. The summed E-state index contributed by atoms with van der Waals surface area (Å²) in [6.45, 7) is 0. The SMILES string of the molecule is O=C(Nc1ccc2c(c1)S(=O)(=O)C=C2)c1nnc(Sc2c(Cl)cncc2Br)s1. The van der Waals surface area contributed by atoms with Crippen molar-refractivity contribution in [3.8, 4) is 0 Å². The fraction of sp³-hybridized carbons (Fsp3) is 0. The lowest BCUT2D eigenvalue weighted by Gasteiger charge is -2.05. The number of aromatic nitrogens is 3. The molecule has 0 bridgehead atoms. The molecule has 0 saturated heterocycles. The summed E-state index contributed by atoms with van der Waals surface area (Å²) in [7, 11) is -3.45. The van der Waals surface area contributed by atoms with E-state index in [9.17, 15) is 13.2 Å². The maximum atomic E-state index is 12.5. The van der Waals surface area contributed by atoms with Gasteiger partial charge >= 0.3 is 0 Å². The fourth-order valence-electron chi connectivity index (χ4n) is 2.34. The van der Waals surface area contributed by atoms with Crippen LogP contribution in [0, 0.1) is 0 Å². The monoisotopic (exact) mass is 514 g/mol. The number of carbonyl (C=O) groups excluding carboxylic acids is 1. The number of fused-ring (bicyclic) bond motifs is 1. The Balaban J connectivity index is 1.52. The van der Waals surface area contributed by atoms with Crippen LogP contribution < -0.4 is 5.32 Å². The second kappa shape index (κ2) is 7.56. The Kier molecular flexibility index (Phi) is 5.27. The smallest absolute Gasteiger partial charge is 0.286 e. The van der Waals surface area contributed by atoms with Crippen LogP contribution in [0.2, 0.25) is 5.02 Å². The van der Waals surface area contributed by atoms with Gasteiger partial charge in [0.05, 0.1) is 19.3 Å². The molecule has 1 amide bonds. The van der Waals surface area contributed by atoms with E-state index >= 15 is 0 Å². The summed E-state index contributed by atoms with van der Waals surface area (Å²) in [5.41, 5.74) is 0.952. The lowest BCUT2D eigenvalue weighted by atomic mass is 10.2. The molecule has 0 aliphatic carbocycles. The van der Waals surface area contributed by atoms with E-state index in [-0.39, 0.29) is 9.90 Å². The summed E-state index contributed by atoms with van der Waals surface area (Å²) in [4.78, 5) is 17.3. The van der Waals surface area contributed by atoms with Crippen molar-refractivity contribution in [1.29, 1.82) is 0 Å². The van der Waals surface area contributed by atoms with Crippen molar-refractivity contribution in [3.05, 3.63) is 56.1 Å². The maximum Gasteiger partial charge on any atom is 0.286 e. The first kappa shape index (κ1) is 19.5. The van der Waals surface area contributed by atoms with Gasteiger partial charge in [0.15, 0.2) is 4.34 Å². The average Bonchev–Trinajstić information content (AvgIpc) is 3.23. The molecule has 1 N–H and O–H groups in total. The molecule has 0 saturated carbocycles. The molecular weight excluding hydrogens is 508 g/mol. The zero-order chi connectivity index (χ0) is 19.9. The van der Waals surface area contributed by atoms with Gasteiger partial charge in [-0.15, -0.1) is 10.2 Å². The summed E-state index contributed by atoms with van der Waals surface area (Å²) < 4.78 is 25.1. The molecule has 3 aromatic rings. The van der Waals surface area contributed by atoms with E-state index < -0.39 is 15.7 Å². The number of nitrogens with one attached hydrogen (secondary N) is 1. The Morgan fingerprint density at radius 3 is 2.86 bits per heavy atom. The minimum atomic E-state index is -3.45. The van der Waals surface area contributed by atoms with Crippen molar-refractivity contribution in [2.45, 2.75) is 14.1 Å². The molecule has 2 aromatic heterocycles. The summed E-state index contributed by atoms with van der Waals surface area (Å²) in [6.07, 6.45) is 4.65. The van der Waals surface area contributed by atoms with Gasteiger partial charge in [-0.05, 0) is 39.7 Å². The zero-order valence-corrected chi connectivity index (χ0v) is 18.4. The molecular formula is C16H8BrClN4O3S3. The molecule has 7 nitrogen and oxygen atoms in total. The van der Waals surface area contributed by atoms with Crippen LogP contribution in [0.3, 0.4) is 0 Å². The third-order valence-corrected chi connectivity index (χ3v) is 8.44. The van der Waals surface area contributed by atoms with Crippen molar-refractivity contribution < 1.29 is 13.2 Å². The normalized spacial score (nSPS) is 14.1. The van der Waals surface area contributed by atoms with Crippen molar-refractivity contribution in [3.63, 3.8) is 0 Å². The molecule has 0 atom stereocenters. The van der Waals surface area contributed by atoms with Crippen LogP contribution in [0.5, 0.6) is 0 Å². The Labute approximate surface area is 181 Å². The fourth-order valence-corrected chi connectivity index (χ4v) is 6.22. The number of halogens is 2. The van der Waals surface area contributed by atoms with Crippen molar-refractivity contribution in [2.24, 2.45) is 0 Å². The molecule has 142 valence electrons. The quantitative estimate of drug-likeness (QED) is 0.545. The highest BCUT2D eigenvalue weighted by Gasteiger charge is 2.22. The first-order valence-corrected chi connectivity index (χ1v) is 11.9. The minimum absolute atomic E-state index is 0.144. The number of hydrogen-bond acceptors (Lipinski definition) is 8. The zero-order valence-electron chi connectivity index (χ0n) is 13.6. The van der Waals surface area contributed by atoms with Crippen LogP contribution in [0.25, 0.3) is 6.08 Å². The molecule has 0 radical (unpaired) electrons. The number of amides is 1. The van der Waals surface area contributed by atoms with Crippen molar-refractivity contribution in [1.82, 2.24) is 15.2 Å². The van der Waals surface area contributed by atoms with E-state index in [1.165, 1.54) is 30.1 Å². The van der Waals surface area contributed by atoms with E-state index in [2.05, 4.69) is 36.4 Å². The predicted octanol–water partition coefficient (Wildman–Crippen LogP) is 4.51. The molecule has 0 spiro atoms. The summed E-state index contributed by atoms with van der Waals surface area (Å²) in [6, 6.07) is 4.69. The first-order valence-electron chi connectivity index (χ1n) is 7.52. The Hall–Kier alpha value is -1.79. The molecule has 1 aliphatic heterocycles. The minimum Gasteiger partial charge on any atom is -0.320 e. The highest BCUT2D eigenvalue weighted by atomic mass is 79.9. The third kappa shape index (κ3) is 3.85. The topological polar surface area (TPSA) is 102 Å². The molecule has 4 rings (SSSR count). The van der Waals surface area contributed by atoms with Crippen LogP contribution in [0.4, 0.5) is 5.69 Å².